The van der Waals surface area contributed by atoms with Crippen molar-refractivity contribution in [1.29, 1.82) is 0 Å². The van der Waals surface area contributed by atoms with Crippen LogP contribution >= 0.6 is 0 Å². The SMILES string of the molecule is CCCCCCCCCCCCCOc1c(CCCC)ccc(OC(=O)O)c1O. The second-order valence-corrected chi connectivity index (χ2v) is 7.76. The van der Waals surface area contributed by atoms with Crippen LogP contribution in [0.25, 0.3) is 0 Å². The van der Waals surface area contributed by atoms with Gasteiger partial charge in [0.2, 0.25) is 5.75 Å². The monoisotopic (exact) mass is 408 g/mol. The second kappa shape index (κ2) is 15.9. The number of phenolic OH excluding ortho intramolecular Hbond substituents is 1. The van der Waals surface area contributed by atoms with Gasteiger partial charge in [0.05, 0.1) is 6.61 Å². The van der Waals surface area contributed by atoms with Crippen LogP contribution in [-0.2, 0) is 6.42 Å². The minimum atomic E-state index is -1.45. The number of aromatic hydroxyl groups is 1. The van der Waals surface area contributed by atoms with Gasteiger partial charge in [0.15, 0.2) is 11.5 Å². The van der Waals surface area contributed by atoms with Crippen molar-refractivity contribution >= 4 is 6.16 Å². The zero-order valence-electron chi connectivity index (χ0n) is 18.4. The van der Waals surface area contributed by atoms with Gasteiger partial charge in [-0.25, -0.2) is 4.79 Å². The topological polar surface area (TPSA) is 76.0 Å². The molecule has 0 atom stereocenters. The predicted octanol–water partition coefficient (Wildman–Crippen LogP) is 7.48. The highest BCUT2D eigenvalue weighted by molar-refractivity contribution is 5.65. The Kier molecular flexibility index (Phi) is 13.8. The van der Waals surface area contributed by atoms with Crippen LogP contribution in [0, 0.1) is 0 Å². The minimum absolute atomic E-state index is 0.0771. The molecule has 0 fully saturated rings. The summed E-state index contributed by atoms with van der Waals surface area (Å²) in [5.41, 5.74) is 0.894. The third-order valence-corrected chi connectivity index (χ3v) is 5.17. The van der Waals surface area contributed by atoms with E-state index in [-0.39, 0.29) is 11.5 Å². The van der Waals surface area contributed by atoms with Crippen LogP contribution in [0.1, 0.15) is 103 Å². The minimum Gasteiger partial charge on any atom is -0.502 e. The van der Waals surface area contributed by atoms with Gasteiger partial charge in [-0.3, -0.25) is 0 Å². The van der Waals surface area contributed by atoms with Crippen LogP contribution in [0.2, 0.25) is 0 Å². The van der Waals surface area contributed by atoms with E-state index in [1.807, 2.05) is 0 Å². The van der Waals surface area contributed by atoms with Crippen molar-refractivity contribution in [3.05, 3.63) is 17.7 Å². The summed E-state index contributed by atoms with van der Waals surface area (Å²) < 4.78 is 10.5. The number of ether oxygens (including phenoxy) is 2. The van der Waals surface area contributed by atoms with Gasteiger partial charge in [0.25, 0.3) is 0 Å². The summed E-state index contributed by atoms with van der Waals surface area (Å²) in [7, 11) is 0. The van der Waals surface area contributed by atoms with E-state index in [0.29, 0.717) is 12.4 Å². The predicted molar refractivity (Wildman–Crippen MR) is 117 cm³/mol. The molecule has 0 aliphatic carbocycles. The van der Waals surface area contributed by atoms with Crippen LogP contribution in [-0.4, -0.2) is 23.0 Å². The van der Waals surface area contributed by atoms with E-state index in [1.165, 1.54) is 63.9 Å². The van der Waals surface area contributed by atoms with E-state index in [2.05, 4.69) is 18.6 Å². The smallest absolute Gasteiger partial charge is 0.502 e. The molecule has 5 nitrogen and oxygen atoms in total. The third-order valence-electron chi connectivity index (χ3n) is 5.17. The number of phenols is 1. The summed E-state index contributed by atoms with van der Waals surface area (Å²) in [5.74, 6) is 0.0695. The first kappa shape index (κ1) is 25.1. The Balaban J connectivity index is 2.33. The molecule has 0 unspecified atom stereocenters. The second-order valence-electron chi connectivity index (χ2n) is 7.76. The first-order valence-electron chi connectivity index (χ1n) is 11.5. The molecule has 166 valence electrons. The molecular formula is C24H40O5. The summed E-state index contributed by atoms with van der Waals surface area (Å²) >= 11 is 0. The molecule has 0 spiro atoms. The van der Waals surface area contributed by atoms with Crippen LogP contribution in [0.4, 0.5) is 4.79 Å². The van der Waals surface area contributed by atoms with Gasteiger partial charge in [0.1, 0.15) is 0 Å². The molecule has 0 radical (unpaired) electrons. The maximum absolute atomic E-state index is 10.8. The highest BCUT2D eigenvalue weighted by Crippen LogP contribution is 2.40. The zero-order chi connectivity index (χ0) is 21.3. The Morgan fingerprint density at radius 1 is 0.828 bits per heavy atom. The summed E-state index contributed by atoms with van der Waals surface area (Å²) in [5, 5.41) is 19.2. The van der Waals surface area contributed by atoms with Crippen LogP contribution in [0.15, 0.2) is 12.1 Å². The van der Waals surface area contributed by atoms with Crippen molar-refractivity contribution in [2.45, 2.75) is 104 Å². The molecule has 2 N–H and O–H groups in total. The first-order chi connectivity index (χ1) is 14.1. The van der Waals surface area contributed by atoms with Crippen molar-refractivity contribution in [3.63, 3.8) is 0 Å². The van der Waals surface area contributed by atoms with Crippen molar-refractivity contribution in [1.82, 2.24) is 0 Å². The molecule has 1 aromatic carbocycles. The van der Waals surface area contributed by atoms with Crippen molar-refractivity contribution in [2.24, 2.45) is 0 Å². The molecule has 0 amide bonds. The first-order valence-corrected chi connectivity index (χ1v) is 11.5. The molecule has 1 rings (SSSR count). The number of benzene rings is 1. The Bertz CT molecular complexity index is 571. The van der Waals surface area contributed by atoms with Gasteiger partial charge in [-0.05, 0) is 30.9 Å². The van der Waals surface area contributed by atoms with Gasteiger partial charge < -0.3 is 19.7 Å². The molecule has 0 saturated carbocycles. The Morgan fingerprint density at radius 2 is 1.38 bits per heavy atom. The lowest BCUT2D eigenvalue weighted by Gasteiger charge is -2.15. The average molecular weight is 409 g/mol. The van der Waals surface area contributed by atoms with Crippen molar-refractivity contribution < 1.29 is 24.5 Å². The van der Waals surface area contributed by atoms with Gasteiger partial charge in [-0.2, -0.15) is 0 Å². The van der Waals surface area contributed by atoms with Gasteiger partial charge in [0, 0.05) is 0 Å². The largest absolute Gasteiger partial charge is 0.511 e. The van der Waals surface area contributed by atoms with Crippen molar-refractivity contribution in [2.75, 3.05) is 6.61 Å². The Hall–Kier alpha value is -1.91. The lowest BCUT2D eigenvalue weighted by molar-refractivity contribution is 0.142. The van der Waals surface area contributed by atoms with Crippen LogP contribution < -0.4 is 9.47 Å². The molecule has 29 heavy (non-hydrogen) atoms. The van der Waals surface area contributed by atoms with Crippen molar-refractivity contribution in [3.8, 4) is 17.2 Å². The maximum atomic E-state index is 10.8. The fraction of sp³-hybridized carbons (Fsp3) is 0.708. The molecule has 1 aromatic rings. The number of rotatable bonds is 17. The van der Waals surface area contributed by atoms with E-state index in [4.69, 9.17) is 9.84 Å². The van der Waals surface area contributed by atoms with Crippen LogP contribution in [0.3, 0.4) is 0 Å². The highest BCUT2D eigenvalue weighted by Gasteiger charge is 2.17. The highest BCUT2D eigenvalue weighted by atomic mass is 16.7. The van der Waals surface area contributed by atoms with Gasteiger partial charge >= 0.3 is 6.16 Å². The number of carboxylic acid groups (broad SMARTS) is 1. The molecule has 5 heteroatoms. The van der Waals surface area contributed by atoms with E-state index < -0.39 is 6.16 Å². The zero-order valence-corrected chi connectivity index (χ0v) is 18.4. The Morgan fingerprint density at radius 3 is 1.93 bits per heavy atom. The number of hydrogen-bond acceptors (Lipinski definition) is 4. The lowest BCUT2D eigenvalue weighted by atomic mass is 10.1. The third kappa shape index (κ3) is 11.0. The maximum Gasteiger partial charge on any atom is 0.511 e. The van der Waals surface area contributed by atoms with Crippen LogP contribution in [0.5, 0.6) is 17.2 Å². The molecule has 0 saturated heterocycles. The van der Waals surface area contributed by atoms with Gasteiger partial charge in [-0.1, -0.05) is 90.5 Å². The number of carbonyl (C=O) groups is 1. The molecule has 0 bridgehead atoms. The van der Waals surface area contributed by atoms with E-state index in [0.717, 1.165) is 37.7 Å². The number of hydrogen-bond donors (Lipinski definition) is 2. The lowest BCUT2D eigenvalue weighted by Crippen LogP contribution is -2.06. The van der Waals surface area contributed by atoms with E-state index >= 15 is 0 Å². The normalized spacial score (nSPS) is 10.8. The molecule has 0 aromatic heterocycles. The fourth-order valence-corrected chi connectivity index (χ4v) is 3.44. The van der Waals surface area contributed by atoms with E-state index in [9.17, 15) is 9.90 Å². The standard InChI is InChI=1S/C24H40O5/c1-3-5-7-8-9-10-11-12-13-14-15-19-28-23-20(16-6-4-2)17-18-21(22(23)25)29-24(26)27/h17-18,25H,3-16,19H2,1-2H3,(H,26,27). The van der Waals surface area contributed by atoms with E-state index in [1.54, 1.807) is 6.07 Å². The summed E-state index contributed by atoms with van der Waals surface area (Å²) in [6.07, 6.45) is 15.3. The molecule has 0 aliphatic rings. The number of aryl methyl sites for hydroxylation is 1. The molecule has 0 heterocycles. The van der Waals surface area contributed by atoms with Gasteiger partial charge in [-0.15, -0.1) is 0 Å². The molecular weight excluding hydrogens is 368 g/mol. The fourth-order valence-electron chi connectivity index (χ4n) is 3.44. The molecule has 0 aliphatic heterocycles. The average Bonchev–Trinajstić information content (AvgIpc) is 2.70. The summed E-state index contributed by atoms with van der Waals surface area (Å²) in [4.78, 5) is 10.8. The number of unbranched alkanes of at least 4 members (excludes halogenated alkanes) is 11. The quantitative estimate of drug-likeness (QED) is 0.159. The Labute approximate surface area is 176 Å². The summed E-state index contributed by atoms with van der Waals surface area (Å²) in [6, 6.07) is 3.27. The summed E-state index contributed by atoms with van der Waals surface area (Å²) in [6.45, 7) is 4.87.